The first-order chi connectivity index (χ1) is 14.1. The third kappa shape index (κ3) is 5.93. The molecule has 0 amide bonds. The first kappa shape index (κ1) is 21.1. The monoisotopic (exact) mass is 411 g/mol. The van der Waals surface area contributed by atoms with Crippen LogP contribution in [-0.2, 0) is 4.74 Å². The Labute approximate surface area is 175 Å². The summed E-state index contributed by atoms with van der Waals surface area (Å²) in [6.07, 6.45) is 5.51. The van der Waals surface area contributed by atoms with Crippen molar-refractivity contribution in [1.29, 1.82) is 0 Å². The fraction of sp³-hybridized carbons (Fsp3) is 0.273. The number of aldehydes is 1. The van der Waals surface area contributed by atoms with Crippen molar-refractivity contribution in [2.24, 2.45) is 5.73 Å². The van der Waals surface area contributed by atoms with Crippen molar-refractivity contribution in [3.05, 3.63) is 71.4 Å². The molecule has 29 heavy (non-hydrogen) atoms. The fourth-order valence-electron chi connectivity index (χ4n) is 2.96. The van der Waals surface area contributed by atoms with E-state index in [1.54, 1.807) is 53.4 Å². The molecule has 0 bridgehead atoms. The van der Waals surface area contributed by atoms with Gasteiger partial charge in [0.25, 0.3) is 0 Å². The summed E-state index contributed by atoms with van der Waals surface area (Å²) in [6.45, 7) is 1.86. The van der Waals surface area contributed by atoms with Crippen molar-refractivity contribution in [2.75, 3.05) is 26.9 Å². The number of nitrogens with zero attached hydrogens (tertiary/aromatic N) is 2. The summed E-state index contributed by atoms with van der Waals surface area (Å²) in [5.41, 5.74) is 7.97. The molecule has 0 saturated carbocycles. The van der Waals surface area contributed by atoms with Gasteiger partial charge in [0.15, 0.2) is 13.0 Å². The highest BCUT2D eigenvalue weighted by atomic mass is 32.2. The Kier molecular flexibility index (Phi) is 7.46. The normalized spacial score (nSPS) is 16.8. The second-order valence-electron chi connectivity index (χ2n) is 6.90. The maximum Gasteiger partial charge on any atom is 0.339 e. The number of esters is 1. The first-order valence-electron chi connectivity index (χ1n) is 9.44. The van der Waals surface area contributed by atoms with Crippen LogP contribution >= 0.6 is 11.9 Å². The lowest BCUT2D eigenvalue weighted by Crippen LogP contribution is -2.22. The molecule has 2 N–H and O–H groups in total. The summed E-state index contributed by atoms with van der Waals surface area (Å²) in [4.78, 5) is 26.3. The molecule has 1 aliphatic rings. The molecular formula is C22H25N3O3S. The van der Waals surface area contributed by atoms with E-state index in [2.05, 4.69) is 4.31 Å². The molecule has 1 saturated heterocycles. The van der Waals surface area contributed by atoms with E-state index in [1.165, 1.54) is 0 Å². The van der Waals surface area contributed by atoms with Gasteiger partial charge in [-0.25, -0.2) is 9.10 Å². The Bertz CT molecular complexity index is 873. The Morgan fingerprint density at radius 3 is 2.76 bits per heavy atom. The van der Waals surface area contributed by atoms with Gasteiger partial charge in [-0.05, 0) is 42.6 Å². The van der Waals surface area contributed by atoms with Crippen molar-refractivity contribution >= 4 is 30.3 Å². The van der Waals surface area contributed by atoms with Gasteiger partial charge >= 0.3 is 5.97 Å². The molecule has 152 valence electrons. The lowest BCUT2D eigenvalue weighted by atomic mass is 10.1. The molecule has 0 aromatic heterocycles. The van der Waals surface area contributed by atoms with Gasteiger partial charge in [0, 0.05) is 48.4 Å². The van der Waals surface area contributed by atoms with Crippen molar-refractivity contribution < 1.29 is 14.3 Å². The summed E-state index contributed by atoms with van der Waals surface area (Å²) in [5.74, 6) is -0.374. The van der Waals surface area contributed by atoms with Crippen LogP contribution in [0.2, 0.25) is 0 Å². The van der Waals surface area contributed by atoms with Crippen LogP contribution in [0.5, 0.6) is 0 Å². The third-order valence-electron chi connectivity index (χ3n) is 4.55. The van der Waals surface area contributed by atoms with E-state index in [1.807, 2.05) is 31.3 Å². The largest absolute Gasteiger partial charge is 0.441 e. The number of nitrogens with two attached hydrogens (primary N) is 1. The molecule has 1 atom stereocenters. The molecule has 0 radical (unpaired) electrons. The smallest absolute Gasteiger partial charge is 0.339 e. The first-order valence-corrected chi connectivity index (χ1v) is 10.2. The van der Waals surface area contributed by atoms with Gasteiger partial charge in [0.1, 0.15) is 0 Å². The second-order valence-corrected chi connectivity index (χ2v) is 8.04. The highest BCUT2D eigenvalue weighted by Gasteiger charge is 2.21. The van der Waals surface area contributed by atoms with Crippen molar-refractivity contribution in [3.8, 4) is 0 Å². The van der Waals surface area contributed by atoms with E-state index in [-0.39, 0.29) is 18.7 Å². The van der Waals surface area contributed by atoms with Gasteiger partial charge in [-0.15, -0.1) is 0 Å². The number of rotatable bonds is 8. The van der Waals surface area contributed by atoms with Gasteiger partial charge in [0.05, 0.1) is 5.56 Å². The topological polar surface area (TPSA) is 75.9 Å². The third-order valence-corrected chi connectivity index (χ3v) is 5.69. The van der Waals surface area contributed by atoms with Gasteiger partial charge < -0.3 is 15.4 Å². The zero-order chi connectivity index (χ0) is 20.6. The lowest BCUT2D eigenvalue weighted by Gasteiger charge is -2.17. The molecule has 1 fully saturated rings. The highest BCUT2D eigenvalue weighted by Crippen LogP contribution is 2.31. The van der Waals surface area contributed by atoms with E-state index < -0.39 is 0 Å². The minimum Gasteiger partial charge on any atom is -0.441 e. The quantitative estimate of drug-likeness (QED) is 0.309. The number of hydrogen-bond donors (Lipinski definition) is 1. The van der Waals surface area contributed by atoms with Crippen molar-refractivity contribution in [3.63, 3.8) is 0 Å². The predicted octanol–water partition coefficient (Wildman–Crippen LogP) is 3.26. The number of ether oxygens (including phenoxy) is 1. The molecule has 0 spiro atoms. The Morgan fingerprint density at radius 1 is 1.28 bits per heavy atom. The summed E-state index contributed by atoms with van der Waals surface area (Å²) < 4.78 is 7.54. The molecule has 2 aromatic carbocycles. The van der Waals surface area contributed by atoms with E-state index in [4.69, 9.17) is 10.5 Å². The molecule has 3 rings (SSSR count). The number of carbonyl (C=O) groups excluding carboxylic acids is 2. The molecule has 2 aromatic rings. The van der Waals surface area contributed by atoms with Crippen LogP contribution in [0.15, 0.2) is 59.6 Å². The Balaban J connectivity index is 1.65. The van der Waals surface area contributed by atoms with Gasteiger partial charge in [-0.3, -0.25) is 4.79 Å². The van der Waals surface area contributed by atoms with Crippen LogP contribution in [0, 0.1) is 0 Å². The maximum absolute atomic E-state index is 12.1. The van der Waals surface area contributed by atoms with E-state index in [0.29, 0.717) is 11.1 Å². The maximum atomic E-state index is 12.1. The molecule has 6 nitrogen and oxygen atoms in total. The minimum absolute atomic E-state index is 0.108. The summed E-state index contributed by atoms with van der Waals surface area (Å²) in [6, 6.07) is 14.7. The summed E-state index contributed by atoms with van der Waals surface area (Å²) in [5, 5.41) is 0. The molecular weight excluding hydrogens is 386 g/mol. The summed E-state index contributed by atoms with van der Waals surface area (Å²) in [7, 11) is 1.81. The van der Waals surface area contributed by atoms with Crippen LogP contribution in [0.3, 0.4) is 0 Å². The average molecular weight is 412 g/mol. The van der Waals surface area contributed by atoms with Crippen LogP contribution in [-0.4, -0.2) is 54.4 Å². The summed E-state index contributed by atoms with van der Waals surface area (Å²) >= 11 is 1.62. The zero-order valence-corrected chi connectivity index (χ0v) is 17.2. The standard InChI is InChI=1S/C22H25N3O3S/c1-24(16-28-22(27)17-6-3-2-4-7-17)12-11-20-18(15-26)8-5-9-21(20)29-25-13-10-19(23)14-25/h2-9,11-12,15,19H,10,13-14,16,23H2,1H3/b12-11-. The van der Waals surface area contributed by atoms with Crippen LogP contribution in [0.4, 0.5) is 0 Å². The average Bonchev–Trinajstić information content (AvgIpc) is 3.16. The van der Waals surface area contributed by atoms with E-state index in [9.17, 15) is 9.59 Å². The molecule has 1 unspecified atom stereocenters. The van der Waals surface area contributed by atoms with Gasteiger partial charge in [-0.1, -0.05) is 30.3 Å². The van der Waals surface area contributed by atoms with Crippen molar-refractivity contribution in [1.82, 2.24) is 9.21 Å². The van der Waals surface area contributed by atoms with Gasteiger partial charge in [0.2, 0.25) is 0 Å². The van der Waals surface area contributed by atoms with Crippen molar-refractivity contribution in [2.45, 2.75) is 17.4 Å². The predicted molar refractivity (Wildman–Crippen MR) is 115 cm³/mol. The van der Waals surface area contributed by atoms with Crippen LogP contribution in [0.25, 0.3) is 6.08 Å². The molecule has 1 aliphatic heterocycles. The second kappa shape index (κ2) is 10.2. The molecule has 1 heterocycles. The Hall–Kier alpha value is -2.61. The molecule has 0 aliphatic carbocycles. The number of benzene rings is 2. The fourth-order valence-corrected chi connectivity index (χ4v) is 4.13. The zero-order valence-electron chi connectivity index (χ0n) is 16.4. The van der Waals surface area contributed by atoms with Gasteiger partial charge in [-0.2, -0.15) is 0 Å². The minimum atomic E-state index is -0.374. The van der Waals surface area contributed by atoms with Crippen LogP contribution < -0.4 is 5.73 Å². The Morgan fingerprint density at radius 2 is 2.07 bits per heavy atom. The van der Waals surface area contributed by atoms with E-state index in [0.717, 1.165) is 36.3 Å². The lowest BCUT2D eigenvalue weighted by molar-refractivity contribution is 0.0351. The number of hydrogen-bond acceptors (Lipinski definition) is 7. The van der Waals surface area contributed by atoms with Crippen LogP contribution in [0.1, 0.15) is 32.7 Å². The van der Waals surface area contributed by atoms with E-state index >= 15 is 0 Å². The number of carbonyl (C=O) groups is 2. The molecule has 7 heteroatoms. The highest BCUT2D eigenvalue weighted by molar-refractivity contribution is 7.97. The SMILES string of the molecule is CN(/C=C\c1c(C=O)cccc1SN1CCC(N)C1)COC(=O)c1ccccc1.